The van der Waals surface area contributed by atoms with Crippen LogP contribution in [0.1, 0.15) is 58.1 Å². The van der Waals surface area contributed by atoms with Crippen LogP contribution in [0.5, 0.6) is 0 Å². The average Bonchev–Trinajstić information content (AvgIpc) is 2.55. The number of ether oxygens (including phenoxy) is 1. The van der Waals surface area contributed by atoms with Gasteiger partial charge in [0.15, 0.2) is 0 Å². The highest BCUT2D eigenvalue weighted by Gasteiger charge is 2.14. The third kappa shape index (κ3) is 6.34. The summed E-state index contributed by atoms with van der Waals surface area (Å²) < 4.78 is 5.63. The number of nitrogens with one attached hydrogen (secondary N) is 2. The van der Waals surface area contributed by atoms with Crippen molar-refractivity contribution in [1.29, 1.82) is 5.41 Å². The number of rotatable bonds is 3. The van der Waals surface area contributed by atoms with Crippen LogP contribution in [0.15, 0.2) is 12.1 Å². The summed E-state index contributed by atoms with van der Waals surface area (Å²) in [6.45, 7) is 10.8. The lowest BCUT2D eigenvalue weighted by Gasteiger charge is -2.25. The first-order valence-electron chi connectivity index (χ1n) is 7.99. The van der Waals surface area contributed by atoms with E-state index in [1.165, 1.54) is 12.6 Å². The Morgan fingerprint density at radius 3 is 2.43 bits per heavy atom. The molecular weight excluding hydrogens is 259 g/mol. The van der Waals surface area contributed by atoms with Crippen LogP contribution in [0, 0.1) is 12.3 Å². The number of aryl methyl sites for hydroxylation is 1. The summed E-state index contributed by atoms with van der Waals surface area (Å²) in [5.41, 5.74) is 3.48. The van der Waals surface area contributed by atoms with Gasteiger partial charge in [-0.05, 0) is 32.3 Å². The SMILES string of the molecule is CC.CC.[B]c1cc(C=N)c(NC2CCCCO2)cc1C. The summed E-state index contributed by atoms with van der Waals surface area (Å²) in [6, 6.07) is 3.81. The molecular formula is C17H29BN2O. The van der Waals surface area contributed by atoms with E-state index in [9.17, 15) is 0 Å². The van der Waals surface area contributed by atoms with E-state index >= 15 is 0 Å². The van der Waals surface area contributed by atoms with Gasteiger partial charge in [-0.2, -0.15) is 0 Å². The molecule has 1 aromatic rings. The summed E-state index contributed by atoms with van der Waals surface area (Å²) in [5.74, 6) is 0. The summed E-state index contributed by atoms with van der Waals surface area (Å²) in [7, 11) is 5.84. The molecule has 1 heterocycles. The molecule has 0 aromatic heterocycles. The van der Waals surface area contributed by atoms with Crippen LogP contribution in [0.4, 0.5) is 5.69 Å². The zero-order valence-electron chi connectivity index (χ0n) is 14.1. The molecule has 1 fully saturated rings. The van der Waals surface area contributed by atoms with Crippen molar-refractivity contribution in [2.24, 2.45) is 0 Å². The Labute approximate surface area is 131 Å². The van der Waals surface area contributed by atoms with Gasteiger partial charge in [0.25, 0.3) is 0 Å². The van der Waals surface area contributed by atoms with Crippen molar-refractivity contribution in [1.82, 2.24) is 0 Å². The number of anilines is 1. The lowest BCUT2D eigenvalue weighted by atomic mass is 9.89. The molecule has 4 heteroatoms. The summed E-state index contributed by atoms with van der Waals surface area (Å²) >= 11 is 0. The quantitative estimate of drug-likeness (QED) is 0.656. The minimum atomic E-state index is 0.0606. The van der Waals surface area contributed by atoms with Gasteiger partial charge in [0, 0.05) is 24.1 Å². The predicted molar refractivity (Wildman–Crippen MR) is 94.4 cm³/mol. The van der Waals surface area contributed by atoms with Crippen LogP contribution in [0.25, 0.3) is 0 Å². The molecule has 1 aliphatic heterocycles. The van der Waals surface area contributed by atoms with Crippen molar-refractivity contribution in [3.63, 3.8) is 0 Å². The Hall–Kier alpha value is -1.29. The van der Waals surface area contributed by atoms with E-state index in [2.05, 4.69) is 5.32 Å². The van der Waals surface area contributed by atoms with Gasteiger partial charge in [0.05, 0.1) is 0 Å². The van der Waals surface area contributed by atoms with Gasteiger partial charge >= 0.3 is 0 Å². The Morgan fingerprint density at radius 1 is 1.24 bits per heavy atom. The maximum Gasteiger partial charge on any atom is 0.127 e. The van der Waals surface area contributed by atoms with Gasteiger partial charge in [-0.25, -0.2) is 0 Å². The molecule has 0 spiro atoms. The van der Waals surface area contributed by atoms with E-state index in [1.54, 1.807) is 0 Å². The van der Waals surface area contributed by atoms with Gasteiger partial charge in [-0.3, -0.25) is 0 Å². The molecule has 116 valence electrons. The van der Waals surface area contributed by atoms with Gasteiger partial charge in [0.2, 0.25) is 0 Å². The third-order valence-corrected chi connectivity index (χ3v) is 3.09. The molecule has 1 aliphatic rings. The minimum absolute atomic E-state index is 0.0606. The first-order chi connectivity index (χ1) is 10.2. The largest absolute Gasteiger partial charge is 0.360 e. The fourth-order valence-electron chi connectivity index (χ4n) is 2.01. The Morgan fingerprint density at radius 2 is 1.90 bits per heavy atom. The Kier molecular flexibility index (Phi) is 10.7. The average molecular weight is 288 g/mol. The summed E-state index contributed by atoms with van der Waals surface area (Å²) in [6.07, 6.45) is 4.72. The third-order valence-electron chi connectivity index (χ3n) is 3.09. The number of benzene rings is 1. The maximum absolute atomic E-state index is 7.41. The maximum atomic E-state index is 7.41. The van der Waals surface area contributed by atoms with E-state index < -0.39 is 0 Å². The van der Waals surface area contributed by atoms with Gasteiger partial charge < -0.3 is 15.5 Å². The first kappa shape index (κ1) is 19.7. The molecule has 3 nitrogen and oxygen atoms in total. The topological polar surface area (TPSA) is 45.1 Å². The molecule has 0 saturated carbocycles. The van der Waals surface area contributed by atoms with Crippen molar-refractivity contribution < 1.29 is 4.74 Å². The minimum Gasteiger partial charge on any atom is -0.360 e. The molecule has 0 amide bonds. The molecule has 1 aromatic carbocycles. The standard InChI is InChI=1S/C13H17BN2O.2C2H6/c1-9-6-12(10(8-15)7-11(9)14)16-13-4-2-3-5-17-13;2*1-2/h6-8,13,15-16H,2-5H2,1H3;2*1-2H3. The second-order valence-corrected chi connectivity index (χ2v) is 4.44. The van der Waals surface area contributed by atoms with Crippen LogP contribution < -0.4 is 10.8 Å². The normalized spacial score (nSPS) is 16.7. The van der Waals surface area contributed by atoms with Crippen LogP contribution in [-0.2, 0) is 4.74 Å². The predicted octanol–water partition coefficient (Wildman–Crippen LogP) is 3.78. The van der Waals surface area contributed by atoms with Crippen molar-refractivity contribution >= 4 is 25.2 Å². The smallest absolute Gasteiger partial charge is 0.127 e. The second kappa shape index (κ2) is 11.4. The van der Waals surface area contributed by atoms with E-state index in [4.69, 9.17) is 18.0 Å². The summed E-state index contributed by atoms with van der Waals surface area (Å²) in [4.78, 5) is 0. The monoisotopic (exact) mass is 288 g/mol. The van der Waals surface area contributed by atoms with Crippen molar-refractivity contribution in [3.8, 4) is 0 Å². The van der Waals surface area contributed by atoms with Gasteiger partial charge in [-0.15, -0.1) is 0 Å². The summed E-state index contributed by atoms with van der Waals surface area (Å²) in [5, 5.41) is 10.7. The lowest BCUT2D eigenvalue weighted by Crippen LogP contribution is -2.28. The van der Waals surface area contributed by atoms with Crippen LogP contribution >= 0.6 is 0 Å². The molecule has 1 unspecified atom stereocenters. The molecule has 2 rings (SSSR count). The molecule has 21 heavy (non-hydrogen) atoms. The number of hydrogen-bond donors (Lipinski definition) is 2. The molecule has 0 aliphatic carbocycles. The van der Waals surface area contributed by atoms with Crippen molar-refractivity contribution in [3.05, 3.63) is 23.3 Å². The van der Waals surface area contributed by atoms with E-state index in [0.29, 0.717) is 0 Å². The first-order valence-corrected chi connectivity index (χ1v) is 7.99. The zero-order chi connectivity index (χ0) is 16.3. The molecule has 1 saturated heterocycles. The van der Waals surface area contributed by atoms with E-state index in [-0.39, 0.29) is 6.23 Å². The van der Waals surface area contributed by atoms with Crippen molar-refractivity contribution in [2.45, 2.75) is 60.1 Å². The van der Waals surface area contributed by atoms with Crippen LogP contribution in [0.2, 0.25) is 0 Å². The van der Waals surface area contributed by atoms with Gasteiger partial charge in [-0.1, -0.05) is 44.8 Å². The van der Waals surface area contributed by atoms with Gasteiger partial charge in [0.1, 0.15) is 14.1 Å². The molecule has 2 radical (unpaired) electrons. The molecule has 1 atom stereocenters. The highest BCUT2D eigenvalue weighted by Crippen LogP contribution is 2.19. The highest BCUT2D eigenvalue weighted by atomic mass is 16.5. The van der Waals surface area contributed by atoms with E-state index in [0.717, 1.165) is 41.7 Å². The molecule has 2 N–H and O–H groups in total. The fourth-order valence-corrected chi connectivity index (χ4v) is 2.01. The zero-order valence-corrected chi connectivity index (χ0v) is 14.1. The van der Waals surface area contributed by atoms with Crippen molar-refractivity contribution in [2.75, 3.05) is 11.9 Å². The fraction of sp³-hybridized carbons (Fsp3) is 0.588. The highest BCUT2D eigenvalue weighted by molar-refractivity contribution is 6.33. The molecule has 0 bridgehead atoms. The van der Waals surface area contributed by atoms with E-state index in [1.807, 2.05) is 46.8 Å². The van der Waals surface area contributed by atoms with Crippen LogP contribution in [0.3, 0.4) is 0 Å². The lowest BCUT2D eigenvalue weighted by molar-refractivity contribution is 0.0343. The number of hydrogen-bond acceptors (Lipinski definition) is 3. The Bertz CT molecular complexity index is 415. The second-order valence-electron chi connectivity index (χ2n) is 4.44. The van der Waals surface area contributed by atoms with Crippen LogP contribution in [-0.4, -0.2) is 26.9 Å². The Balaban J connectivity index is 0.000000921.